The maximum absolute atomic E-state index is 12.2. The first-order chi connectivity index (χ1) is 8.49. The minimum absolute atomic E-state index is 0.303. The van der Waals surface area contributed by atoms with Crippen LogP contribution in [0.3, 0.4) is 0 Å². The van der Waals surface area contributed by atoms with Crippen molar-refractivity contribution in [3.63, 3.8) is 0 Å². The Bertz CT molecular complexity index is 710. The summed E-state index contributed by atoms with van der Waals surface area (Å²) < 4.78 is 4.91. The van der Waals surface area contributed by atoms with E-state index in [1.165, 1.54) is 11.6 Å². The van der Waals surface area contributed by atoms with Crippen LogP contribution in [0, 0.1) is 0 Å². The number of aryl methyl sites for hydroxylation is 2. The number of fused-ring (bicyclic) bond motifs is 1. The van der Waals surface area contributed by atoms with Crippen LogP contribution >= 0.6 is 15.9 Å². The van der Waals surface area contributed by atoms with Gasteiger partial charge in [0, 0.05) is 20.6 Å². The monoisotopic (exact) mass is 314 g/mol. The smallest absolute Gasteiger partial charge is 0.313 e. The van der Waals surface area contributed by atoms with Crippen LogP contribution in [0.4, 0.5) is 0 Å². The van der Waals surface area contributed by atoms with E-state index < -0.39 is 0 Å². The molecule has 2 aromatic heterocycles. The fourth-order valence-electron chi connectivity index (χ4n) is 1.94. The number of aromatic nitrogens is 4. The Labute approximate surface area is 112 Å². The molecule has 0 aliphatic rings. The zero-order valence-corrected chi connectivity index (χ0v) is 12.2. The second kappa shape index (κ2) is 4.72. The number of hydrogen-bond acceptors (Lipinski definition) is 3. The van der Waals surface area contributed by atoms with Gasteiger partial charge in [0.05, 0.1) is 0 Å². The van der Waals surface area contributed by atoms with Gasteiger partial charge >= 0.3 is 5.69 Å². The average molecular weight is 315 g/mol. The van der Waals surface area contributed by atoms with Crippen molar-refractivity contribution in [2.45, 2.75) is 26.3 Å². The van der Waals surface area contributed by atoms with Crippen molar-refractivity contribution in [3.05, 3.63) is 25.6 Å². The van der Waals surface area contributed by atoms with Crippen LogP contribution in [0.1, 0.15) is 19.8 Å². The topological polar surface area (TPSA) is 61.8 Å². The van der Waals surface area contributed by atoms with Crippen molar-refractivity contribution in [1.82, 2.24) is 18.7 Å². The van der Waals surface area contributed by atoms with Gasteiger partial charge in [0.25, 0.3) is 5.56 Å². The van der Waals surface area contributed by atoms with E-state index >= 15 is 0 Å². The molecular formula is C11H15BrN4O2. The van der Waals surface area contributed by atoms with Crippen molar-refractivity contribution in [3.8, 4) is 0 Å². The van der Waals surface area contributed by atoms with Crippen LogP contribution < -0.4 is 11.2 Å². The maximum atomic E-state index is 12.2. The highest BCUT2D eigenvalue weighted by Gasteiger charge is 2.17. The number of rotatable bonds is 3. The van der Waals surface area contributed by atoms with Crippen molar-refractivity contribution >= 4 is 27.1 Å². The summed E-state index contributed by atoms with van der Waals surface area (Å²) in [4.78, 5) is 28.2. The number of imidazole rings is 1. The molecule has 0 aliphatic heterocycles. The summed E-state index contributed by atoms with van der Waals surface area (Å²) >= 11 is 3.35. The Kier molecular flexibility index (Phi) is 3.43. The fourth-order valence-corrected chi connectivity index (χ4v) is 2.46. The standard InChI is InChI=1S/C11H15BrN4O2/c1-4-5-6-16-7-8(13-10(16)12)14(2)11(18)15(3)9(7)17/h4-6H2,1-3H3. The Balaban J connectivity index is 2.86. The molecule has 0 N–H and O–H groups in total. The normalized spacial score (nSPS) is 11.3. The third-order valence-electron chi connectivity index (χ3n) is 3.04. The van der Waals surface area contributed by atoms with Gasteiger partial charge in [-0.15, -0.1) is 0 Å². The van der Waals surface area contributed by atoms with E-state index in [9.17, 15) is 9.59 Å². The molecule has 2 aromatic rings. The van der Waals surface area contributed by atoms with E-state index in [-0.39, 0.29) is 11.2 Å². The van der Waals surface area contributed by atoms with E-state index in [4.69, 9.17) is 0 Å². The predicted octanol–water partition coefficient (Wildman–Crippen LogP) is 0.996. The molecule has 0 radical (unpaired) electrons. The van der Waals surface area contributed by atoms with Gasteiger partial charge in [-0.3, -0.25) is 13.9 Å². The molecule has 18 heavy (non-hydrogen) atoms. The van der Waals surface area contributed by atoms with Crippen molar-refractivity contribution < 1.29 is 0 Å². The van der Waals surface area contributed by atoms with Crippen LogP contribution in [0.15, 0.2) is 14.3 Å². The lowest BCUT2D eigenvalue weighted by Crippen LogP contribution is -2.37. The van der Waals surface area contributed by atoms with E-state index in [1.54, 1.807) is 7.05 Å². The largest absolute Gasteiger partial charge is 0.332 e. The van der Waals surface area contributed by atoms with Crippen LogP contribution in [-0.2, 0) is 20.6 Å². The SMILES string of the molecule is CCCCn1c(Br)nc2c1c(=O)n(C)c(=O)n2C. The lowest BCUT2D eigenvalue weighted by molar-refractivity contribution is 0.628. The summed E-state index contributed by atoms with van der Waals surface area (Å²) in [5.41, 5.74) is 0.230. The second-order valence-electron chi connectivity index (χ2n) is 4.26. The number of nitrogens with zero attached hydrogens (tertiary/aromatic N) is 4. The molecule has 2 rings (SSSR count). The Morgan fingerprint density at radius 1 is 1.22 bits per heavy atom. The first-order valence-electron chi connectivity index (χ1n) is 5.80. The van der Waals surface area contributed by atoms with Gasteiger partial charge in [0.15, 0.2) is 15.9 Å². The summed E-state index contributed by atoms with van der Waals surface area (Å²) in [5, 5.41) is 0. The lowest BCUT2D eigenvalue weighted by atomic mass is 10.3. The van der Waals surface area contributed by atoms with Crippen LogP contribution in [0.5, 0.6) is 0 Å². The summed E-state index contributed by atoms with van der Waals surface area (Å²) in [7, 11) is 3.10. The molecule has 0 unspecified atom stereocenters. The van der Waals surface area contributed by atoms with Gasteiger partial charge in [0.2, 0.25) is 0 Å². The number of unbranched alkanes of at least 4 members (excludes halogenated alkanes) is 1. The zero-order valence-electron chi connectivity index (χ0n) is 10.6. The summed E-state index contributed by atoms with van der Waals surface area (Å²) in [6, 6.07) is 0. The molecule has 0 saturated heterocycles. The molecule has 0 aliphatic carbocycles. The Morgan fingerprint density at radius 3 is 2.50 bits per heavy atom. The first-order valence-corrected chi connectivity index (χ1v) is 6.60. The summed E-state index contributed by atoms with van der Waals surface area (Å²) in [6.07, 6.45) is 1.98. The fraction of sp³-hybridized carbons (Fsp3) is 0.545. The molecule has 0 atom stereocenters. The van der Waals surface area contributed by atoms with E-state index in [0.717, 1.165) is 17.4 Å². The predicted molar refractivity (Wildman–Crippen MR) is 72.8 cm³/mol. The molecule has 0 amide bonds. The Hall–Kier alpha value is -1.37. The van der Waals surface area contributed by atoms with Gasteiger partial charge in [-0.25, -0.2) is 9.78 Å². The molecule has 0 fully saturated rings. The highest BCUT2D eigenvalue weighted by molar-refractivity contribution is 9.10. The van der Waals surface area contributed by atoms with Gasteiger partial charge in [-0.1, -0.05) is 13.3 Å². The van der Waals surface area contributed by atoms with Crippen LogP contribution in [-0.4, -0.2) is 18.7 Å². The van der Waals surface area contributed by atoms with E-state index in [2.05, 4.69) is 27.8 Å². The molecule has 0 aromatic carbocycles. The highest BCUT2D eigenvalue weighted by Crippen LogP contribution is 2.16. The first kappa shape index (κ1) is 13.1. The van der Waals surface area contributed by atoms with Gasteiger partial charge in [-0.2, -0.15) is 0 Å². The van der Waals surface area contributed by atoms with Gasteiger partial charge in [-0.05, 0) is 22.4 Å². The number of halogens is 1. The molecular weight excluding hydrogens is 300 g/mol. The van der Waals surface area contributed by atoms with Crippen molar-refractivity contribution in [1.29, 1.82) is 0 Å². The van der Waals surface area contributed by atoms with Crippen molar-refractivity contribution in [2.24, 2.45) is 14.1 Å². The second-order valence-corrected chi connectivity index (χ2v) is 4.97. The number of hydrogen-bond donors (Lipinski definition) is 0. The van der Waals surface area contributed by atoms with Gasteiger partial charge in [0.1, 0.15) is 0 Å². The zero-order chi connectivity index (χ0) is 13.4. The lowest BCUT2D eigenvalue weighted by Gasteiger charge is -2.06. The van der Waals surface area contributed by atoms with E-state index in [0.29, 0.717) is 22.4 Å². The quantitative estimate of drug-likeness (QED) is 0.794. The van der Waals surface area contributed by atoms with Crippen LogP contribution in [0.25, 0.3) is 11.2 Å². The average Bonchev–Trinajstić information content (AvgIpc) is 2.68. The highest BCUT2D eigenvalue weighted by atomic mass is 79.9. The molecule has 6 nitrogen and oxygen atoms in total. The van der Waals surface area contributed by atoms with Crippen molar-refractivity contribution in [2.75, 3.05) is 0 Å². The third kappa shape index (κ3) is 1.82. The molecule has 0 spiro atoms. The molecule has 0 saturated carbocycles. The van der Waals surface area contributed by atoms with Gasteiger partial charge < -0.3 is 4.57 Å². The summed E-state index contributed by atoms with van der Waals surface area (Å²) in [5.74, 6) is 0. The summed E-state index contributed by atoms with van der Waals surface area (Å²) in [6.45, 7) is 2.79. The minimum Gasteiger partial charge on any atom is -0.313 e. The molecule has 7 heteroatoms. The van der Waals surface area contributed by atoms with E-state index in [1.807, 2.05) is 4.57 Å². The molecule has 98 valence electrons. The Morgan fingerprint density at radius 2 is 1.89 bits per heavy atom. The molecule has 2 heterocycles. The minimum atomic E-state index is -0.361. The molecule has 0 bridgehead atoms. The maximum Gasteiger partial charge on any atom is 0.332 e. The van der Waals surface area contributed by atoms with Crippen LogP contribution in [0.2, 0.25) is 0 Å². The third-order valence-corrected chi connectivity index (χ3v) is 3.64.